The summed E-state index contributed by atoms with van der Waals surface area (Å²) in [6, 6.07) is 4.86. The first-order valence-corrected chi connectivity index (χ1v) is 8.44. The Labute approximate surface area is 141 Å². The van der Waals surface area contributed by atoms with Crippen LogP contribution >= 0.6 is 0 Å². The van der Waals surface area contributed by atoms with E-state index in [1.54, 1.807) is 18.2 Å². The van der Waals surface area contributed by atoms with Gasteiger partial charge >= 0.3 is 0 Å². The summed E-state index contributed by atoms with van der Waals surface area (Å²) in [6.45, 7) is 4.76. The average Bonchev–Trinajstić information content (AvgIpc) is 3.17. The normalized spacial score (nSPS) is 21.1. The lowest BCUT2D eigenvalue weighted by Crippen LogP contribution is -2.36. The third-order valence-electron chi connectivity index (χ3n) is 4.71. The maximum absolute atomic E-state index is 12.6. The molecule has 2 aliphatic heterocycles. The smallest absolute Gasteiger partial charge is 0.261 e. The molecule has 1 saturated heterocycles. The lowest BCUT2D eigenvalue weighted by molar-refractivity contribution is -0.119. The van der Waals surface area contributed by atoms with Crippen LogP contribution in [0.25, 0.3) is 0 Å². The molecule has 0 aromatic heterocycles. The molecule has 0 spiro atoms. The van der Waals surface area contributed by atoms with Crippen molar-refractivity contribution in [3.8, 4) is 0 Å². The van der Waals surface area contributed by atoms with Gasteiger partial charge in [-0.3, -0.25) is 19.3 Å². The number of anilines is 1. The Bertz CT molecular complexity index is 680. The summed E-state index contributed by atoms with van der Waals surface area (Å²) in [5.74, 6) is -0.799. The fraction of sp³-hybridized carbons (Fsp3) is 0.500. The number of hydrogen-bond donors (Lipinski definition) is 1. The van der Waals surface area contributed by atoms with Crippen molar-refractivity contribution in [2.75, 3.05) is 18.5 Å². The summed E-state index contributed by atoms with van der Waals surface area (Å²) in [5, 5.41) is 2.80. The topological polar surface area (TPSA) is 75.7 Å². The van der Waals surface area contributed by atoms with E-state index in [1.807, 2.05) is 13.8 Å². The molecule has 6 heteroatoms. The highest BCUT2D eigenvalue weighted by atomic mass is 16.5. The molecule has 0 aliphatic carbocycles. The molecule has 2 atom stereocenters. The van der Waals surface area contributed by atoms with Gasteiger partial charge in [-0.1, -0.05) is 13.8 Å². The van der Waals surface area contributed by atoms with Crippen molar-refractivity contribution in [1.29, 1.82) is 0 Å². The van der Waals surface area contributed by atoms with E-state index in [0.717, 1.165) is 19.3 Å². The van der Waals surface area contributed by atoms with Gasteiger partial charge in [-0.05, 0) is 37.5 Å². The van der Waals surface area contributed by atoms with Gasteiger partial charge in [0.05, 0.1) is 23.8 Å². The van der Waals surface area contributed by atoms with Gasteiger partial charge in [0.25, 0.3) is 11.8 Å². The van der Waals surface area contributed by atoms with Crippen LogP contribution in [0.4, 0.5) is 5.69 Å². The number of carbonyl (C=O) groups is 3. The zero-order valence-electron chi connectivity index (χ0n) is 14.0. The second-order valence-corrected chi connectivity index (χ2v) is 6.41. The minimum Gasteiger partial charge on any atom is -0.376 e. The van der Waals surface area contributed by atoms with Gasteiger partial charge in [0.2, 0.25) is 5.91 Å². The molecule has 0 saturated carbocycles. The number of carbonyl (C=O) groups excluding carboxylic acids is 3. The maximum atomic E-state index is 12.6. The minimum atomic E-state index is -0.315. The van der Waals surface area contributed by atoms with Crippen LogP contribution in [0.15, 0.2) is 18.2 Å². The highest BCUT2D eigenvalue weighted by molar-refractivity contribution is 6.21. The zero-order valence-corrected chi connectivity index (χ0v) is 14.0. The van der Waals surface area contributed by atoms with Crippen LogP contribution in [0.1, 0.15) is 53.8 Å². The summed E-state index contributed by atoms with van der Waals surface area (Å²) >= 11 is 0. The van der Waals surface area contributed by atoms with Gasteiger partial charge < -0.3 is 10.1 Å². The molecule has 2 aliphatic rings. The Morgan fingerprint density at radius 3 is 2.75 bits per heavy atom. The predicted octanol–water partition coefficient (Wildman–Crippen LogP) is 2.45. The maximum Gasteiger partial charge on any atom is 0.261 e. The van der Waals surface area contributed by atoms with Gasteiger partial charge in [-0.25, -0.2) is 0 Å². The highest BCUT2D eigenvalue weighted by Gasteiger charge is 2.37. The van der Waals surface area contributed by atoms with Gasteiger partial charge in [-0.2, -0.15) is 0 Å². The van der Waals surface area contributed by atoms with Crippen molar-refractivity contribution in [3.63, 3.8) is 0 Å². The third kappa shape index (κ3) is 3.06. The SMILES string of the molecule is CC[C@@H](C)C(=O)Nc1ccc2c(c1)C(=O)N(C[C@@H]1CCCO1)C2=O. The lowest BCUT2D eigenvalue weighted by Gasteiger charge is -2.17. The summed E-state index contributed by atoms with van der Waals surface area (Å²) < 4.78 is 5.52. The van der Waals surface area contributed by atoms with Crippen molar-refractivity contribution in [1.82, 2.24) is 4.90 Å². The predicted molar refractivity (Wildman–Crippen MR) is 88.9 cm³/mol. The van der Waals surface area contributed by atoms with E-state index in [-0.39, 0.29) is 29.7 Å². The molecule has 1 fully saturated rings. The average molecular weight is 330 g/mol. The van der Waals surface area contributed by atoms with Crippen LogP contribution in [-0.4, -0.2) is 41.9 Å². The van der Waals surface area contributed by atoms with E-state index in [9.17, 15) is 14.4 Å². The molecule has 0 radical (unpaired) electrons. The number of benzene rings is 1. The molecule has 1 aromatic rings. The fourth-order valence-corrected chi connectivity index (χ4v) is 2.98. The Morgan fingerprint density at radius 2 is 2.08 bits per heavy atom. The van der Waals surface area contributed by atoms with Gasteiger partial charge in [0, 0.05) is 18.2 Å². The number of fused-ring (bicyclic) bond motifs is 1. The molecule has 2 heterocycles. The van der Waals surface area contributed by atoms with Gasteiger partial charge in [0.15, 0.2) is 0 Å². The summed E-state index contributed by atoms with van der Waals surface area (Å²) in [7, 11) is 0. The van der Waals surface area contributed by atoms with Crippen molar-refractivity contribution in [2.45, 2.75) is 39.2 Å². The van der Waals surface area contributed by atoms with Crippen molar-refractivity contribution in [2.24, 2.45) is 5.92 Å². The second kappa shape index (κ2) is 6.73. The summed E-state index contributed by atoms with van der Waals surface area (Å²) in [4.78, 5) is 38.2. The van der Waals surface area contributed by atoms with E-state index in [0.29, 0.717) is 30.0 Å². The van der Waals surface area contributed by atoms with Crippen molar-refractivity contribution in [3.05, 3.63) is 29.3 Å². The van der Waals surface area contributed by atoms with E-state index >= 15 is 0 Å². The molecule has 128 valence electrons. The van der Waals surface area contributed by atoms with E-state index in [2.05, 4.69) is 5.32 Å². The molecule has 6 nitrogen and oxygen atoms in total. The second-order valence-electron chi connectivity index (χ2n) is 6.41. The number of nitrogens with zero attached hydrogens (tertiary/aromatic N) is 1. The van der Waals surface area contributed by atoms with E-state index in [1.165, 1.54) is 4.90 Å². The first-order valence-electron chi connectivity index (χ1n) is 8.44. The Kier molecular flexibility index (Phi) is 4.66. The standard InChI is InChI=1S/C18H22N2O4/c1-3-11(2)16(21)19-12-6-7-14-15(9-12)18(23)20(17(14)22)10-13-5-4-8-24-13/h6-7,9,11,13H,3-5,8,10H2,1-2H3,(H,19,21)/t11-,13+/m1/s1. The van der Waals surface area contributed by atoms with Crippen LogP contribution in [0.2, 0.25) is 0 Å². The molecule has 3 rings (SSSR count). The molecular formula is C18H22N2O4. The number of amides is 3. The number of hydrogen-bond acceptors (Lipinski definition) is 4. The lowest BCUT2D eigenvalue weighted by atomic mass is 10.1. The van der Waals surface area contributed by atoms with Crippen LogP contribution < -0.4 is 5.32 Å². The first-order chi connectivity index (χ1) is 11.5. The molecule has 0 bridgehead atoms. The molecular weight excluding hydrogens is 308 g/mol. The fourth-order valence-electron chi connectivity index (χ4n) is 2.98. The molecule has 3 amide bonds. The first kappa shape index (κ1) is 16.6. The molecule has 0 unspecified atom stereocenters. The van der Waals surface area contributed by atoms with Crippen LogP contribution in [0.3, 0.4) is 0 Å². The van der Waals surface area contributed by atoms with Crippen LogP contribution in [-0.2, 0) is 9.53 Å². The molecule has 1 N–H and O–H groups in total. The number of ether oxygens (including phenoxy) is 1. The summed E-state index contributed by atoms with van der Waals surface area (Å²) in [5.41, 5.74) is 1.28. The number of nitrogens with one attached hydrogen (secondary N) is 1. The number of rotatable bonds is 5. The Hall–Kier alpha value is -2.21. The largest absolute Gasteiger partial charge is 0.376 e. The molecule has 24 heavy (non-hydrogen) atoms. The van der Waals surface area contributed by atoms with Crippen LogP contribution in [0, 0.1) is 5.92 Å². The van der Waals surface area contributed by atoms with E-state index < -0.39 is 0 Å². The summed E-state index contributed by atoms with van der Waals surface area (Å²) in [6.07, 6.45) is 2.49. The van der Waals surface area contributed by atoms with E-state index in [4.69, 9.17) is 4.74 Å². The minimum absolute atomic E-state index is 0.0724. The number of imide groups is 1. The highest BCUT2D eigenvalue weighted by Crippen LogP contribution is 2.27. The van der Waals surface area contributed by atoms with Crippen molar-refractivity contribution >= 4 is 23.4 Å². The van der Waals surface area contributed by atoms with Crippen molar-refractivity contribution < 1.29 is 19.1 Å². The quantitative estimate of drug-likeness (QED) is 0.842. The third-order valence-corrected chi connectivity index (χ3v) is 4.71. The van der Waals surface area contributed by atoms with Gasteiger partial charge in [-0.15, -0.1) is 0 Å². The van der Waals surface area contributed by atoms with Gasteiger partial charge in [0.1, 0.15) is 0 Å². The monoisotopic (exact) mass is 330 g/mol. The Balaban J connectivity index is 1.77. The zero-order chi connectivity index (χ0) is 17.3. The van der Waals surface area contributed by atoms with Crippen LogP contribution in [0.5, 0.6) is 0 Å². The molecule has 1 aromatic carbocycles. The Morgan fingerprint density at radius 1 is 1.33 bits per heavy atom.